The van der Waals surface area contributed by atoms with Crippen LogP contribution in [0.1, 0.15) is 87.5 Å². The van der Waals surface area contributed by atoms with E-state index in [1.54, 1.807) is 71.2 Å². The third-order valence-electron chi connectivity index (χ3n) is 8.95. The molecule has 56 heavy (non-hydrogen) atoms. The van der Waals surface area contributed by atoms with Gasteiger partial charge in [0.25, 0.3) is 5.56 Å². The average molecular weight is 802 g/mol. The van der Waals surface area contributed by atoms with Crippen LogP contribution >= 0.6 is 7.75 Å². The molecule has 0 saturated heterocycles. The molecule has 1 aromatic carbocycles. The van der Waals surface area contributed by atoms with Crippen LogP contribution in [-0.4, -0.2) is 75.1 Å². The van der Waals surface area contributed by atoms with Crippen LogP contribution in [0.3, 0.4) is 0 Å². The standard InChI is InChI=1S/C38H56N7O10P/c1-9-14-26(15-10-2)20-51-33(47)25(5)44-56(50,55-28-16-12-11-13-17-28)53-22-38(21-52-34(48)29(24(3)4)41-36(49)54-37(6,7)8)18-27(38)19-45-23-40-30-31(45)42-35(39)43-32(30)46/h11-13,16-17,19,23-26,29H,9-10,14-15,18,20-22H2,1-8H3,(H,41,49)(H,44,50)(H3,39,42,43,46)/b27-19-/t25?,29?,38-,56-/m0/s1. The van der Waals surface area contributed by atoms with Crippen LogP contribution in [0.2, 0.25) is 0 Å². The number of rotatable bonds is 20. The maximum absolute atomic E-state index is 14.5. The number of alkyl carbamates (subject to hydrolysis) is 1. The topological polar surface area (TPSA) is 228 Å². The van der Waals surface area contributed by atoms with Gasteiger partial charge in [-0.15, -0.1) is 0 Å². The number of imidazole rings is 1. The third-order valence-corrected chi connectivity index (χ3v) is 10.6. The van der Waals surface area contributed by atoms with Crippen LogP contribution in [0.25, 0.3) is 17.4 Å². The van der Waals surface area contributed by atoms with Crippen LogP contribution in [0.15, 0.2) is 47.0 Å². The van der Waals surface area contributed by atoms with Gasteiger partial charge in [0.1, 0.15) is 36.4 Å². The summed E-state index contributed by atoms with van der Waals surface area (Å²) < 4.78 is 44.8. The number of aromatic amines is 1. The number of nitrogens with zero attached hydrogens (tertiary/aromatic N) is 3. The summed E-state index contributed by atoms with van der Waals surface area (Å²) in [5.41, 5.74) is 4.32. The van der Waals surface area contributed by atoms with Crippen LogP contribution in [0.5, 0.6) is 5.75 Å². The quantitative estimate of drug-likeness (QED) is 0.0587. The minimum Gasteiger partial charge on any atom is -0.464 e. The van der Waals surface area contributed by atoms with Crippen LogP contribution in [-0.2, 0) is 32.9 Å². The number of H-pyrrole nitrogens is 1. The van der Waals surface area contributed by atoms with Crippen molar-refractivity contribution >= 4 is 49.1 Å². The maximum atomic E-state index is 14.5. The average Bonchev–Trinajstić information content (AvgIpc) is 3.65. The van der Waals surface area contributed by atoms with Gasteiger partial charge in [-0.25, -0.2) is 19.1 Å². The number of hydrogen-bond donors (Lipinski definition) is 4. The van der Waals surface area contributed by atoms with Crippen molar-refractivity contribution in [3.63, 3.8) is 0 Å². The van der Waals surface area contributed by atoms with Crippen LogP contribution in [0.4, 0.5) is 10.7 Å². The highest BCUT2D eigenvalue weighted by molar-refractivity contribution is 7.52. The number of nitrogens with one attached hydrogen (secondary N) is 3. The zero-order valence-corrected chi connectivity index (χ0v) is 34.4. The van der Waals surface area contributed by atoms with Crippen molar-refractivity contribution in [2.24, 2.45) is 17.3 Å². The maximum Gasteiger partial charge on any atom is 0.459 e. The second-order valence-electron chi connectivity index (χ2n) is 15.5. The minimum absolute atomic E-state index is 0.0551. The lowest BCUT2D eigenvalue weighted by atomic mass is 9.99. The molecule has 2 aromatic heterocycles. The summed E-state index contributed by atoms with van der Waals surface area (Å²) in [6, 6.07) is 6.19. The van der Waals surface area contributed by atoms with E-state index < -0.39 is 54.4 Å². The lowest BCUT2D eigenvalue weighted by molar-refractivity contribution is -0.149. The monoisotopic (exact) mass is 801 g/mol. The van der Waals surface area contributed by atoms with Crippen molar-refractivity contribution in [1.29, 1.82) is 0 Å². The molecule has 1 fully saturated rings. The fraction of sp³-hybridized carbons (Fsp3) is 0.579. The Labute approximate surface area is 327 Å². The van der Waals surface area contributed by atoms with Gasteiger partial charge in [0.2, 0.25) is 5.95 Å². The molecule has 1 saturated carbocycles. The summed E-state index contributed by atoms with van der Waals surface area (Å²) in [4.78, 5) is 62.5. The van der Waals surface area contributed by atoms with E-state index in [1.165, 1.54) is 17.8 Å². The fourth-order valence-corrected chi connectivity index (χ4v) is 7.51. The summed E-state index contributed by atoms with van der Waals surface area (Å²) in [6.45, 7) is 13.9. The number of nitrogens with two attached hydrogens (primary N) is 1. The summed E-state index contributed by atoms with van der Waals surface area (Å²) in [5, 5.41) is 5.33. The molecule has 4 atom stereocenters. The summed E-state index contributed by atoms with van der Waals surface area (Å²) in [5.74, 6) is -1.40. The van der Waals surface area contributed by atoms with Gasteiger partial charge in [-0.05, 0) is 76.5 Å². The number of nitrogen functional groups attached to an aromatic ring is 1. The van der Waals surface area contributed by atoms with E-state index >= 15 is 0 Å². The molecule has 2 unspecified atom stereocenters. The number of anilines is 1. The fourth-order valence-electron chi connectivity index (χ4n) is 5.93. The largest absolute Gasteiger partial charge is 0.464 e. The number of fused-ring (bicyclic) bond motifs is 1. The van der Waals surface area contributed by atoms with E-state index in [0.29, 0.717) is 5.57 Å². The number of carbonyl (C=O) groups is 3. The molecule has 2 heterocycles. The molecule has 3 aromatic rings. The molecule has 17 nitrogen and oxygen atoms in total. The molecule has 5 N–H and O–H groups in total. The first-order chi connectivity index (χ1) is 26.4. The Kier molecular flexibility index (Phi) is 14.9. The Hall–Kier alpha value is -4.73. The van der Waals surface area contributed by atoms with Crippen LogP contribution < -0.4 is 26.2 Å². The van der Waals surface area contributed by atoms with Gasteiger partial charge in [-0.3, -0.25) is 23.7 Å². The predicted molar refractivity (Wildman–Crippen MR) is 210 cm³/mol. The zero-order chi connectivity index (χ0) is 41.3. The first-order valence-electron chi connectivity index (χ1n) is 18.9. The Balaban J connectivity index is 1.61. The van der Waals surface area contributed by atoms with Gasteiger partial charge in [0.15, 0.2) is 11.2 Å². The van der Waals surface area contributed by atoms with Crippen molar-refractivity contribution in [2.75, 3.05) is 25.6 Å². The lowest BCUT2D eigenvalue weighted by Crippen LogP contribution is -2.47. The number of amides is 1. The molecule has 1 amide bonds. The van der Waals surface area contributed by atoms with Crippen molar-refractivity contribution in [1.82, 2.24) is 29.9 Å². The van der Waals surface area contributed by atoms with Gasteiger partial charge in [-0.1, -0.05) is 58.7 Å². The first-order valence-corrected chi connectivity index (χ1v) is 20.4. The van der Waals surface area contributed by atoms with Crippen molar-refractivity contribution in [2.45, 2.75) is 105 Å². The number of esters is 2. The Bertz CT molecular complexity index is 1950. The minimum atomic E-state index is -4.34. The Morgan fingerprint density at radius 1 is 1.05 bits per heavy atom. The molecule has 0 aliphatic heterocycles. The van der Waals surface area contributed by atoms with Gasteiger partial charge >= 0.3 is 25.8 Å². The number of carbonyl (C=O) groups excluding carboxylic acids is 3. The number of benzene rings is 1. The van der Waals surface area contributed by atoms with E-state index in [1.807, 2.05) is 0 Å². The summed E-state index contributed by atoms with van der Waals surface area (Å²) >= 11 is 0. The molecule has 4 rings (SSSR count). The molecular weight excluding hydrogens is 745 g/mol. The van der Waals surface area contributed by atoms with Crippen LogP contribution in [0, 0.1) is 17.3 Å². The van der Waals surface area contributed by atoms with Gasteiger partial charge < -0.3 is 29.8 Å². The molecule has 18 heteroatoms. The zero-order valence-electron chi connectivity index (χ0n) is 33.5. The molecule has 308 valence electrons. The summed E-state index contributed by atoms with van der Waals surface area (Å²) in [7, 11) is -4.34. The highest BCUT2D eigenvalue weighted by Crippen LogP contribution is 2.56. The smallest absolute Gasteiger partial charge is 0.459 e. The van der Waals surface area contributed by atoms with Crippen molar-refractivity contribution in [3.05, 3.63) is 52.6 Å². The van der Waals surface area contributed by atoms with E-state index in [0.717, 1.165) is 25.7 Å². The Morgan fingerprint density at radius 3 is 2.36 bits per heavy atom. The normalized spacial score (nSPS) is 18.4. The van der Waals surface area contributed by atoms with Crippen molar-refractivity contribution < 1.29 is 42.2 Å². The number of aromatic nitrogens is 4. The lowest BCUT2D eigenvalue weighted by Gasteiger charge is -2.27. The number of hydrogen-bond acceptors (Lipinski definition) is 13. The Morgan fingerprint density at radius 2 is 1.73 bits per heavy atom. The SMILES string of the molecule is CCCC(CCC)COC(=O)C(C)N[P@](=O)(OC[C@@]1(COC(=O)C(NC(=O)OC(C)(C)C)C(C)C)C/C1=C/n1cnc2c(=O)[nH]c(N)nc21)Oc1ccccc1. The molecule has 0 bridgehead atoms. The molecule has 1 aliphatic carbocycles. The molecular formula is C38H56N7O10P. The third kappa shape index (κ3) is 12.4. The van der Waals surface area contributed by atoms with E-state index in [9.17, 15) is 23.7 Å². The van der Waals surface area contributed by atoms with E-state index in [-0.39, 0.29) is 60.9 Å². The summed E-state index contributed by atoms with van der Waals surface area (Å²) in [6.07, 6.45) is 6.27. The molecule has 1 aliphatic rings. The highest BCUT2D eigenvalue weighted by atomic mass is 31.2. The van der Waals surface area contributed by atoms with Gasteiger partial charge in [0.05, 0.1) is 18.6 Å². The van der Waals surface area contributed by atoms with Crippen molar-refractivity contribution in [3.8, 4) is 5.75 Å². The van der Waals surface area contributed by atoms with Gasteiger partial charge in [0, 0.05) is 6.20 Å². The number of ether oxygens (including phenoxy) is 3. The second-order valence-corrected chi connectivity index (χ2v) is 17.2. The van der Waals surface area contributed by atoms with Gasteiger partial charge in [-0.2, -0.15) is 10.1 Å². The highest BCUT2D eigenvalue weighted by Gasteiger charge is 2.53. The number of para-hydroxylation sites is 1. The predicted octanol–water partition coefficient (Wildman–Crippen LogP) is 5.97. The van der Waals surface area contributed by atoms with E-state index in [4.69, 9.17) is 29.0 Å². The second kappa shape index (κ2) is 18.9. The molecule has 0 spiro atoms. The first kappa shape index (κ1) is 44.0. The molecule has 0 radical (unpaired) electrons. The van der Waals surface area contributed by atoms with E-state index in [2.05, 4.69) is 39.2 Å².